The van der Waals surface area contributed by atoms with E-state index >= 15 is 0 Å². The van der Waals surface area contributed by atoms with Gasteiger partial charge >= 0.3 is 0 Å². The van der Waals surface area contributed by atoms with Crippen LogP contribution in [-0.2, 0) is 11.2 Å². The lowest BCUT2D eigenvalue weighted by Gasteiger charge is -2.09. The number of methoxy groups -OCH3 is 1. The molecule has 0 saturated carbocycles. The van der Waals surface area contributed by atoms with Crippen LogP contribution in [0.2, 0.25) is 0 Å². The summed E-state index contributed by atoms with van der Waals surface area (Å²) in [5.41, 5.74) is 6.51. The van der Waals surface area contributed by atoms with E-state index in [1.807, 2.05) is 13.0 Å². The second-order valence-electron chi connectivity index (χ2n) is 3.82. The zero-order chi connectivity index (χ0) is 12.0. The van der Waals surface area contributed by atoms with Crippen LogP contribution in [0.4, 0.5) is 4.39 Å². The quantitative estimate of drug-likeness (QED) is 0.753. The molecule has 1 aromatic carbocycles. The fraction of sp³-hybridized carbons (Fsp3) is 0.500. The van der Waals surface area contributed by atoms with Gasteiger partial charge in [0.2, 0.25) is 0 Å². The molecule has 0 spiro atoms. The normalized spacial score (nSPS) is 12.5. The Bertz CT molecular complexity index is 329. The Morgan fingerprint density at radius 3 is 2.69 bits per heavy atom. The first kappa shape index (κ1) is 12.9. The Labute approximate surface area is 95.4 Å². The topological polar surface area (TPSA) is 44.5 Å². The van der Waals surface area contributed by atoms with Gasteiger partial charge in [0.1, 0.15) is 18.2 Å². The standard InChI is InChI=1S/C12H18FNO2/c1-9(14)5-10-6-11(13)8-12(7-10)16-4-3-15-2/h6-9H,3-5,14H2,1-2H3. The number of ether oxygens (including phenoxy) is 2. The van der Waals surface area contributed by atoms with Crippen molar-refractivity contribution in [1.82, 2.24) is 0 Å². The van der Waals surface area contributed by atoms with Crippen LogP contribution >= 0.6 is 0 Å². The average Bonchev–Trinajstić information content (AvgIpc) is 2.16. The van der Waals surface area contributed by atoms with Gasteiger partial charge in [-0.3, -0.25) is 0 Å². The SMILES string of the molecule is COCCOc1cc(F)cc(CC(C)N)c1. The molecule has 4 heteroatoms. The van der Waals surface area contributed by atoms with Gasteiger partial charge in [-0.25, -0.2) is 4.39 Å². The highest BCUT2D eigenvalue weighted by molar-refractivity contribution is 5.30. The number of rotatable bonds is 6. The highest BCUT2D eigenvalue weighted by Gasteiger charge is 2.04. The summed E-state index contributed by atoms with van der Waals surface area (Å²) in [7, 11) is 1.59. The Kier molecular flexibility index (Phi) is 5.22. The fourth-order valence-electron chi connectivity index (χ4n) is 1.44. The molecular weight excluding hydrogens is 209 g/mol. The summed E-state index contributed by atoms with van der Waals surface area (Å²) in [5.74, 6) is 0.221. The zero-order valence-corrected chi connectivity index (χ0v) is 9.70. The molecule has 0 aromatic heterocycles. The van der Waals surface area contributed by atoms with Crippen molar-refractivity contribution in [3.63, 3.8) is 0 Å². The van der Waals surface area contributed by atoms with Crippen LogP contribution in [0.1, 0.15) is 12.5 Å². The lowest BCUT2D eigenvalue weighted by molar-refractivity contribution is 0.146. The minimum atomic E-state index is -0.300. The number of nitrogens with two attached hydrogens (primary N) is 1. The number of benzene rings is 1. The number of hydrogen-bond acceptors (Lipinski definition) is 3. The fourth-order valence-corrected chi connectivity index (χ4v) is 1.44. The van der Waals surface area contributed by atoms with E-state index in [0.717, 1.165) is 5.56 Å². The summed E-state index contributed by atoms with van der Waals surface area (Å²) in [6, 6.07) is 4.66. The van der Waals surface area contributed by atoms with E-state index in [1.54, 1.807) is 7.11 Å². The van der Waals surface area contributed by atoms with Crippen molar-refractivity contribution in [2.24, 2.45) is 5.73 Å². The Morgan fingerprint density at radius 2 is 2.06 bits per heavy atom. The molecule has 0 saturated heterocycles. The molecule has 2 N–H and O–H groups in total. The molecule has 90 valence electrons. The molecule has 1 unspecified atom stereocenters. The van der Waals surface area contributed by atoms with Gasteiger partial charge in [0.15, 0.2) is 0 Å². The van der Waals surface area contributed by atoms with Crippen molar-refractivity contribution in [1.29, 1.82) is 0 Å². The van der Waals surface area contributed by atoms with E-state index < -0.39 is 0 Å². The summed E-state index contributed by atoms with van der Waals surface area (Å²) < 4.78 is 23.4. The highest BCUT2D eigenvalue weighted by atomic mass is 19.1. The third-order valence-corrected chi connectivity index (χ3v) is 2.04. The second kappa shape index (κ2) is 6.45. The van der Waals surface area contributed by atoms with Crippen molar-refractivity contribution < 1.29 is 13.9 Å². The van der Waals surface area contributed by atoms with E-state index in [9.17, 15) is 4.39 Å². The third kappa shape index (κ3) is 4.59. The average molecular weight is 227 g/mol. The molecular formula is C12H18FNO2. The molecule has 0 heterocycles. The van der Waals surface area contributed by atoms with Crippen LogP contribution in [0.25, 0.3) is 0 Å². The smallest absolute Gasteiger partial charge is 0.127 e. The van der Waals surface area contributed by atoms with Gasteiger partial charge in [0.05, 0.1) is 6.61 Å². The molecule has 3 nitrogen and oxygen atoms in total. The van der Waals surface area contributed by atoms with Crippen molar-refractivity contribution >= 4 is 0 Å². The molecule has 16 heavy (non-hydrogen) atoms. The Morgan fingerprint density at radius 1 is 1.31 bits per heavy atom. The number of hydrogen-bond donors (Lipinski definition) is 1. The summed E-state index contributed by atoms with van der Waals surface area (Å²) in [5, 5.41) is 0. The maximum atomic E-state index is 13.2. The first-order valence-corrected chi connectivity index (χ1v) is 5.28. The molecule has 0 aliphatic heterocycles. The molecule has 1 atom stereocenters. The molecule has 0 amide bonds. The van der Waals surface area contributed by atoms with Gasteiger partial charge < -0.3 is 15.2 Å². The molecule has 0 fully saturated rings. The molecule has 1 aromatic rings. The van der Waals surface area contributed by atoms with Crippen molar-refractivity contribution in [3.05, 3.63) is 29.6 Å². The predicted octanol–water partition coefficient (Wildman–Crippen LogP) is 1.74. The van der Waals surface area contributed by atoms with E-state index in [0.29, 0.717) is 25.4 Å². The predicted molar refractivity (Wildman–Crippen MR) is 61.1 cm³/mol. The maximum Gasteiger partial charge on any atom is 0.127 e. The minimum absolute atomic E-state index is 0.00799. The zero-order valence-electron chi connectivity index (χ0n) is 9.70. The van der Waals surface area contributed by atoms with Crippen LogP contribution in [0.15, 0.2) is 18.2 Å². The van der Waals surface area contributed by atoms with Crippen LogP contribution in [-0.4, -0.2) is 26.4 Å². The van der Waals surface area contributed by atoms with Gasteiger partial charge in [-0.05, 0) is 31.0 Å². The van der Waals surface area contributed by atoms with Gasteiger partial charge in [0.25, 0.3) is 0 Å². The Hall–Kier alpha value is -1.13. The van der Waals surface area contributed by atoms with Crippen LogP contribution < -0.4 is 10.5 Å². The first-order chi connectivity index (χ1) is 7.61. The Balaban J connectivity index is 2.65. The van der Waals surface area contributed by atoms with Gasteiger partial charge in [-0.1, -0.05) is 0 Å². The van der Waals surface area contributed by atoms with E-state index in [-0.39, 0.29) is 11.9 Å². The maximum absolute atomic E-state index is 13.2. The first-order valence-electron chi connectivity index (χ1n) is 5.28. The van der Waals surface area contributed by atoms with Gasteiger partial charge in [0, 0.05) is 19.2 Å². The molecule has 0 radical (unpaired) electrons. The van der Waals surface area contributed by atoms with E-state index in [4.69, 9.17) is 15.2 Å². The van der Waals surface area contributed by atoms with Crippen LogP contribution in [0, 0.1) is 5.82 Å². The lowest BCUT2D eigenvalue weighted by Crippen LogP contribution is -2.17. The monoisotopic (exact) mass is 227 g/mol. The third-order valence-electron chi connectivity index (χ3n) is 2.04. The lowest BCUT2D eigenvalue weighted by atomic mass is 10.1. The summed E-state index contributed by atoms with van der Waals surface area (Å²) in [6.07, 6.45) is 0.637. The second-order valence-corrected chi connectivity index (χ2v) is 3.82. The van der Waals surface area contributed by atoms with Gasteiger partial charge in [-0.15, -0.1) is 0 Å². The van der Waals surface area contributed by atoms with Crippen molar-refractivity contribution in [2.75, 3.05) is 20.3 Å². The molecule has 0 aliphatic rings. The van der Waals surface area contributed by atoms with E-state index in [1.165, 1.54) is 12.1 Å². The van der Waals surface area contributed by atoms with Crippen LogP contribution in [0.3, 0.4) is 0 Å². The van der Waals surface area contributed by atoms with Crippen molar-refractivity contribution in [3.8, 4) is 5.75 Å². The summed E-state index contributed by atoms with van der Waals surface area (Å²) in [6.45, 7) is 2.78. The molecule has 0 aliphatic carbocycles. The summed E-state index contributed by atoms with van der Waals surface area (Å²) in [4.78, 5) is 0. The summed E-state index contributed by atoms with van der Waals surface area (Å²) >= 11 is 0. The largest absolute Gasteiger partial charge is 0.491 e. The number of halogens is 1. The molecule has 1 rings (SSSR count). The highest BCUT2D eigenvalue weighted by Crippen LogP contribution is 2.17. The van der Waals surface area contributed by atoms with Crippen molar-refractivity contribution in [2.45, 2.75) is 19.4 Å². The van der Waals surface area contributed by atoms with Crippen LogP contribution in [0.5, 0.6) is 5.75 Å². The van der Waals surface area contributed by atoms with E-state index in [2.05, 4.69) is 0 Å². The minimum Gasteiger partial charge on any atom is -0.491 e. The molecule has 0 bridgehead atoms. The van der Waals surface area contributed by atoms with Gasteiger partial charge in [-0.2, -0.15) is 0 Å².